The van der Waals surface area contributed by atoms with Crippen molar-refractivity contribution >= 4 is 17.3 Å². The van der Waals surface area contributed by atoms with Gasteiger partial charge < -0.3 is 21.1 Å². The van der Waals surface area contributed by atoms with Gasteiger partial charge in [-0.2, -0.15) is 0 Å². The molecule has 0 fully saturated rings. The molecule has 0 unspecified atom stereocenters. The van der Waals surface area contributed by atoms with E-state index in [4.69, 9.17) is 10.8 Å². The normalized spacial score (nSPS) is 10.5. The van der Waals surface area contributed by atoms with Crippen molar-refractivity contribution in [3.8, 4) is 11.3 Å². The highest BCUT2D eigenvalue weighted by Crippen LogP contribution is 2.20. The molecule has 0 amide bonds. The van der Waals surface area contributed by atoms with Crippen LogP contribution in [0.1, 0.15) is 11.1 Å². The largest absolute Gasteiger partial charge is 0.480 e. The molecule has 0 atom stereocenters. The van der Waals surface area contributed by atoms with Crippen molar-refractivity contribution in [1.29, 1.82) is 0 Å². The van der Waals surface area contributed by atoms with Gasteiger partial charge in [0.05, 0.1) is 0 Å². The Morgan fingerprint density at radius 2 is 1.85 bits per heavy atom. The number of aliphatic carboxylic acids is 1. The number of hydrogen-bond acceptors (Lipinski definition) is 4. The highest BCUT2D eigenvalue weighted by molar-refractivity contribution is 5.73. The van der Waals surface area contributed by atoms with E-state index in [1.807, 2.05) is 36.4 Å². The van der Waals surface area contributed by atoms with Crippen LogP contribution in [0.4, 0.5) is 11.4 Å². The van der Waals surface area contributed by atoms with Crippen molar-refractivity contribution < 1.29 is 9.90 Å². The summed E-state index contributed by atoms with van der Waals surface area (Å²) in [5.41, 5.74) is 9.94. The molecule has 0 radical (unpaired) electrons. The van der Waals surface area contributed by atoms with Crippen molar-refractivity contribution in [2.24, 2.45) is 0 Å². The van der Waals surface area contributed by atoms with Crippen LogP contribution in [0.3, 0.4) is 0 Å². The number of para-hydroxylation sites is 1. The smallest absolute Gasteiger partial charge is 0.322 e. The Labute approximate surface area is 150 Å². The lowest BCUT2D eigenvalue weighted by Crippen LogP contribution is -2.16. The van der Waals surface area contributed by atoms with Crippen LogP contribution in [0.25, 0.3) is 11.3 Å². The van der Waals surface area contributed by atoms with Crippen molar-refractivity contribution in [3.63, 3.8) is 0 Å². The lowest BCUT2D eigenvalue weighted by Gasteiger charge is -2.11. The first kappa shape index (κ1) is 17.3. The van der Waals surface area contributed by atoms with Gasteiger partial charge in [0.1, 0.15) is 6.54 Å². The van der Waals surface area contributed by atoms with E-state index in [-0.39, 0.29) is 12.1 Å². The van der Waals surface area contributed by atoms with Gasteiger partial charge in [0.15, 0.2) is 0 Å². The van der Waals surface area contributed by atoms with Gasteiger partial charge >= 0.3 is 5.97 Å². The first-order chi connectivity index (χ1) is 12.5. The van der Waals surface area contributed by atoms with Crippen LogP contribution in [0, 0.1) is 0 Å². The summed E-state index contributed by atoms with van der Waals surface area (Å²) in [5.74, 6) is -0.941. The maximum absolute atomic E-state index is 12.5. The minimum Gasteiger partial charge on any atom is -0.480 e. The lowest BCUT2D eigenvalue weighted by atomic mass is 10.0. The van der Waals surface area contributed by atoms with E-state index >= 15 is 0 Å². The van der Waals surface area contributed by atoms with Crippen molar-refractivity contribution in [1.82, 2.24) is 4.98 Å². The number of aromatic nitrogens is 1. The van der Waals surface area contributed by atoms with Crippen LogP contribution >= 0.6 is 0 Å². The van der Waals surface area contributed by atoms with Crippen LogP contribution in [0.5, 0.6) is 0 Å². The van der Waals surface area contributed by atoms with E-state index in [2.05, 4.69) is 10.3 Å². The molecule has 132 valence electrons. The lowest BCUT2D eigenvalue weighted by molar-refractivity contribution is -0.134. The third kappa shape index (κ3) is 4.10. The van der Waals surface area contributed by atoms with E-state index in [1.165, 1.54) is 0 Å². The number of rotatable bonds is 6. The van der Waals surface area contributed by atoms with Gasteiger partial charge in [-0.1, -0.05) is 36.4 Å². The molecule has 6 nitrogen and oxygen atoms in total. The standard InChI is InChI=1S/C20H19N3O3/c21-16-6-3-5-14(11-16)18-9-8-15(20(26)23-18)10-13-4-1-2-7-17(13)22-12-19(24)25/h1-9,11,22H,10,12,21H2,(H,23,26)(H,24,25). The summed E-state index contributed by atoms with van der Waals surface area (Å²) in [6.07, 6.45) is 0.398. The van der Waals surface area contributed by atoms with Gasteiger partial charge in [0.2, 0.25) is 0 Å². The topological polar surface area (TPSA) is 108 Å². The fraction of sp³-hybridized carbons (Fsp3) is 0.100. The fourth-order valence-electron chi connectivity index (χ4n) is 2.74. The SMILES string of the molecule is Nc1cccc(-c2ccc(Cc3ccccc3NCC(=O)O)c(=O)[nH]2)c1. The van der Waals surface area contributed by atoms with E-state index in [0.717, 1.165) is 11.1 Å². The predicted octanol–water partition coefficient (Wildman–Crippen LogP) is 2.71. The summed E-state index contributed by atoms with van der Waals surface area (Å²) in [6.45, 7) is -0.179. The molecule has 1 aromatic heterocycles. The number of H-pyrrole nitrogens is 1. The van der Waals surface area contributed by atoms with Gasteiger partial charge in [0, 0.05) is 34.6 Å². The van der Waals surface area contributed by atoms with Crippen molar-refractivity contribution in [2.45, 2.75) is 6.42 Å². The number of benzene rings is 2. The molecule has 0 aliphatic rings. The second kappa shape index (κ2) is 7.57. The van der Waals surface area contributed by atoms with Gasteiger partial charge in [-0.15, -0.1) is 0 Å². The Hall–Kier alpha value is -3.54. The van der Waals surface area contributed by atoms with Gasteiger partial charge in [-0.05, 0) is 29.8 Å². The molecule has 0 saturated carbocycles. The molecule has 0 bridgehead atoms. The molecule has 5 N–H and O–H groups in total. The number of carbonyl (C=O) groups is 1. The fourth-order valence-corrected chi connectivity index (χ4v) is 2.74. The monoisotopic (exact) mass is 349 g/mol. The van der Waals surface area contributed by atoms with Gasteiger partial charge in [0.25, 0.3) is 5.56 Å². The maximum Gasteiger partial charge on any atom is 0.322 e. The molecule has 1 heterocycles. The molecule has 0 aliphatic carbocycles. The molecule has 0 saturated heterocycles. The van der Waals surface area contributed by atoms with Crippen LogP contribution in [-0.2, 0) is 11.2 Å². The average Bonchev–Trinajstić information content (AvgIpc) is 2.62. The van der Waals surface area contributed by atoms with Gasteiger partial charge in [-0.3, -0.25) is 9.59 Å². The number of carboxylic acids is 1. The highest BCUT2D eigenvalue weighted by atomic mass is 16.4. The first-order valence-electron chi connectivity index (χ1n) is 8.14. The number of nitrogen functional groups attached to an aromatic ring is 1. The van der Waals surface area contributed by atoms with Gasteiger partial charge in [-0.25, -0.2) is 0 Å². The Bertz CT molecular complexity index is 995. The summed E-state index contributed by atoms with van der Waals surface area (Å²) < 4.78 is 0. The molecule has 6 heteroatoms. The molecule has 3 aromatic rings. The minimum atomic E-state index is -0.941. The molecular weight excluding hydrogens is 330 g/mol. The highest BCUT2D eigenvalue weighted by Gasteiger charge is 2.08. The van der Waals surface area contributed by atoms with Crippen LogP contribution in [0.15, 0.2) is 65.5 Å². The Morgan fingerprint density at radius 1 is 1.04 bits per heavy atom. The Balaban J connectivity index is 1.86. The number of hydrogen-bond donors (Lipinski definition) is 4. The summed E-state index contributed by atoms with van der Waals surface area (Å²) >= 11 is 0. The average molecular weight is 349 g/mol. The zero-order valence-electron chi connectivity index (χ0n) is 14.0. The first-order valence-corrected chi connectivity index (χ1v) is 8.14. The predicted molar refractivity (Wildman–Crippen MR) is 102 cm³/mol. The number of anilines is 2. The number of nitrogens with one attached hydrogen (secondary N) is 2. The minimum absolute atomic E-state index is 0.179. The van der Waals surface area contributed by atoms with E-state index in [1.54, 1.807) is 24.3 Å². The summed E-state index contributed by atoms with van der Waals surface area (Å²) in [4.78, 5) is 26.1. The van der Waals surface area contributed by atoms with Crippen molar-refractivity contribution in [2.75, 3.05) is 17.6 Å². The van der Waals surface area contributed by atoms with Crippen LogP contribution in [-0.4, -0.2) is 22.6 Å². The Kier molecular flexibility index (Phi) is 5.03. The van der Waals surface area contributed by atoms with Crippen molar-refractivity contribution in [3.05, 3.63) is 82.1 Å². The second-order valence-corrected chi connectivity index (χ2v) is 5.93. The number of nitrogens with two attached hydrogens (primary N) is 1. The number of pyridine rings is 1. The van der Waals surface area contributed by atoms with E-state index in [0.29, 0.717) is 29.1 Å². The summed E-state index contributed by atoms with van der Waals surface area (Å²) in [7, 11) is 0. The molecular formula is C20H19N3O3. The molecule has 2 aromatic carbocycles. The zero-order valence-corrected chi connectivity index (χ0v) is 14.0. The zero-order chi connectivity index (χ0) is 18.5. The number of carboxylic acid groups (broad SMARTS) is 1. The molecule has 26 heavy (non-hydrogen) atoms. The van der Waals surface area contributed by atoms with Crippen LogP contribution in [0.2, 0.25) is 0 Å². The van der Waals surface area contributed by atoms with E-state index < -0.39 is 5.97 Å². The summed E-state index contributed by atoms with van der Waals surface area (Å²) in [6, 6.07) is 18.3. The third-order valence-electron chi connectivity index (χ3n) is 4.02. The quantitative estimate of drug-likeness (QED) is 0.512. The Morgan fingerprint density at radius 3 is 2.58 bits per heavy atom. The third-order valence-corrected chi connectivity index (χ3v) is 4.02. The summed E-state index contributed by atoms with van der Waals surface area (Å²) in [5, 5.41) is 11.7. The van der Waals surface area contributed by atoms with E-state index in [9.17, 15) is 9.59 Å². The second-order valence-electron chi connectivity index (χ2n) is 5.93. The molecule has 3 rings (SSSR count). The maximum atomic E-state index is 12.5. The molecule has 0 aliphatic heterocycles. The molecule has 0 spiro atoms. The van der Waals surface area contributed by atoms with Crippen LogP contribution < -0.4 is 16.6 Å². The number of aromatic amines is 1.